The summed E-state index contributed by atoms with van der Waals surface area (Å²) in [5, 5.41) is 0. The molecule has 0 radical (unpaired) electrons. The van der Waals surface area contributed by atoms with Crippen molar-refractivity contribution >= 4 is 67.1 Å². The minimum Gasteiger partial charge on any atom is -0.611 e. The van der Waals surface area contributed by atoms with Gasteiger partial charge in [-0.1, -0.05) is 350 Å². The second kappa shape index (κ2) is 67.3. The third-order valence-electron chi connectivity index (χ3n) is 18.7. The molecule has 0 aromatic heterocycles. The van der Waals surface area contributed by atoms with Crippen molar-refractivity contribution in [3.8, 4) is 0 Å². The molecule has 0 saturated heterocycles. The minimum absolute atomic E-state index is 0.305. The lowest BCUT2D eigenvalue weighted by Gasteiger charge is -2.27. The van der Waals surface area contributed by atoms with Crippen LogP contribution in [0.2, 0.25) is 0 Å². The Bertz CT molecular complexity index is 1340. The van der Waals surface area contributed by atoms with Crippen molar-refractivity contribution in [1.29, 1.82) is 0 Å². The minimum atomic E-state index is -1.76. The van der Waals surface area contributed by atoms with Crippen LogP contribution in [0, 0.1) is 0 Å². The Morgan fingerprint density at radius 1 is 0.133 bits per heavy atom. The number of benzene rings is 1. The van der Waals surface area contributed by atoms with Crippen LogP contribution in [0.5, 0.6) is 0 Å². The molecule has 0 heterocycles. The van der Waals surface area contributed by atoms with E-state index in [0.717, 1.165) is 116 Å². The number of rotatable bonds is 72. The van der Waals surface area contributed by atoms with Gasteiger partial charge in [-0.2, -0.15) is 0 Å². The molecular formula is C78H150O6S6. The molecule has 1 aromatic carbocycles. The second-order valence-corrected chi connectivity index (χ2v) is 36.4. The van der Waals surface area contributed by atoms with Crippen molar-refractivity contribution in [3.63, 3.8) is 0 Å². The summed E-state index contributed by atoms with van der Waals surface area (Å²) in [6.45, 7) is 13.6. The predicted molar refractivity (Wildman–Crippen MR) is 405 cm³/mol. The normalized spacial score (nSPS) is 14.0. The fourth-order valence-corrected chi connectivity index (χ4v) is 24.3. The summed E-state index contributed by atoms with van der Waals surface area (Å²) >= 11 is -10.6. The van der Waals surface area contributed by atoms with Gasteiger partial charge in [-0.25, -0.2) is 0 Å². The van der Waals surface area contributed by atoms with E-state index >= 15 is 27.3 Å². The molecule has 0 aliphatic rings. The Morgan fingerprint density at radius 3 is 0.300 bits per heavy atom. The SMILES string of the molecule is CCCCCCCCCCCC[S+]([O-])c1c([S+]([O-])CCCCCCCCCCCC)c([S+]([O-])CCCCCCCCCCCC)c([S+]([O-])CCCCCCCCCCCC)c([S+]([O-])CCCCCCCCCCCC)c1[S+]([O-])CCCCCCCCCCCC. The molecule has 1 aromatic rings. The molecule has 6 unspecified atom stereocenters. The predicted octanol–water partition coefficient (Wildman–Crippen LogP) is 25.9. The van der Waals surface area contributed by atoms with E-state index in [1.807, 2.05) is 0 Å². The van der Waals surface area contributed by atoms with Crippen LogP contribution in [0.15, 0.2) is 29.4 Å². The lowest BCUT2D eigenvalue weighted by atomic mass is 10.1. The van der Waals surface area contributed by atoms with E-state index in [0.29, 0.717) is 102 Å². The van der Waals surface area contributed by atoms with Gasteiger partial charge in [0.2, 0.25) is 0 Å². The molecule has 0 fully saturated rings. The molecule has 6 nitrogen and oxygen atoms in total. The maximum Gasteiger partial charge on any atom is 0.273 e. The van der Waals surface area contributed by atoms with Crippen LogP contribution in [0.3, 0.4) is 0 Å². The average Bonchev–Trinajstić information content (AvgIpc) is 0.773. The van der Waals surface area contributed by atoms with E-state index in [1.54, 1.807) is 0 Å². The van der Waals surface area contributed by atoms with Crippen LogP contribution in [-0.2, 0) is 67.1 Å². The zero-order valence-corrected chi connectivity index (χ0v) is 65.5. The Kier molecular flexibility index (Phi) is 66.6. The Hall–Kier alpha value is 1.08. The molecule has 0 saturated carbocycles. The zero-order chi connectivity index (χ0) is 65.6. The fourth-order valence-electron chi connectivity index (χ4n) is 12.8. The molecule has 0 spiro atoms. The highest BCUT2D eigenvalue weighted by atomic mass is 32.2. The summed E-state index contributed by atoms with van der Waals surface area (Å²) in [6.07, 6.45) is 68.4. The van der Waals surface area contributed by atoms with Crippen LogP contribution in [0.4, 0.5) is 0 Å². The Morgan fingerprint density at radius 2 is 0.211 bits per heavy atom. The number of unbranched alkanes of at least 4 members (excludes halogenated alkanes) is 54. The van der Waals surface area contributed by atoms with E-state index in [-0.39, 0.29) is 0 Å². The van der Waals surface area contributed by atoms with Gasteiger partial charge in [-0.3, -0.25) is 0 Å². The van der Waals surface area contributed by atoms with Gasteiger partial charge < -0.3 is 27.3 Å². The van der Waals surface area contributed by atoms with Gasteiger partial charge in [-0.15, -0.1) is 0 Å². The van der Waals surface area contributed by atoms with Crippen LogP contribution in [0.1, 0.15) is 427 Å². The molecule has 0 amide bonds. The van der Waals surface area contributed by atoms with Crippen molar-refractivity contribution in [2.75, 3.05) is 34.5 Å². The number of hydrogen-bond acceptors (Lipinski definition) is 6. The first kappa shape index (κ1) is 89.1. The van der Waals surface area contributed by atoms with Gasteiger partial charge in [0, 0.05) is 0 Å². The number of hydrogen-bond donors (Lipinski definition) is 0. The summed E-state index contributed by atoms with van der Waals surface area (Å²) in [5.41, 5.74) is 0. The van der Waals surface area contributed by atoms with E-state index < -0.39 is 67.1 Å². The third-order valence-corrected chi connectivity index (χ3v) is 28.6. The lowest BCUT2D eigenvalue weighted by Crippen LogP contribution is -2.30. The highest BCUT2D eigenvalue weighted by molar-refractivity contribution is 7.99. The summed E-state index contributed by atoms with van der Waals surface area (Å²) < 4.78 is 95.2. The quantitative estimate of drug-likeness (QED) is 0.0470. The summed E-state index contributed by atoms with van der Waals surface area (Å²) in [5.74, 6) is 1.90. The van der Waals surface area contributed by atoms with Gasteiger partial charge in [0.1, 0.15) is 34.5 Å². The molecule has 0 aliphatic heterocycles. The molecular weight excluding hydrogens is 1230 g/mol. The van der Waals surface area contributed by atoms with Gasteiger partial charge in [0.15, 0.2) is 0 Å². The zero-order valence-electron chi connectivity index (χ0n) is 60.6. The highest BCUT2D eigenvalue weighted by Gasteiger charge is 2.53. The van der Waals surface area contributed by atoms with Crippen molar-refractivity contribution in [2.24, 2.45) is 0 Å². The standard InChI is InChI=1S/C78H150O6S6/c1-7-13-19-25-31-37-43-49-55-61-67-85(79)73-74(86(80)68-62-56-50-44-38-32-26-20-14-8-2)76(88(82)70-64-58-52-46-40-34-28-22-16-10-4)78(90(84)72-66-60-54-48-42-36-30-24-18-12-6)77(89(83)71-65-59-53-47-41-35-29-23-17-11-5)75(73)87(81)69-63-57-51-45-39-33-27-21-15-9-3/h7-72H2,1-6H3. The van der Waals surface area contributed by atoms with E-state index in [4.69, 9.17) is 0 Å². The first-order valence-electron chi connectivity index (χ1n) is 39.7. The lowest BCUT2D eigenvalue weighted by molar-refractivity contribution is 0.529. The van der Waals surface area contributed by atoms with Gasteiger partial charge in [0.05, 0.1) is 0 Å². The maximum atomic E-state index is 15.9. The van der Waals surface area contributed by atoms with E-state index in [1.165, 1.54) is 231 Å². The van der Waals surface area contributed by atoms with Crippen molar-refractivity contribution < 1.29 is 27.3 Å². The van der Waals surface area contributed by atoms with Gasteiger partial charge in [0.25, 0.3) is 29.4 Å². The average molecular weight is 1380 g/mol. The summed E-state index contributed by atoms with van der Waals surface area (Å²) in [7, 11) is 0. The Labute approximate surface area is 580 Å². The fraction of sp³-hybridized carbons (Fsp3) is 0.923. The van der Waals surface area contributed by atoms with Crippen molar-refractivity contribution in [1.82, 2.24) is 0 Å². The first-order chi connectivity index (χ1) is 44.2. The van der Waals surface area contributed by atoms with Crippen molar-refractivity contribution in [3.05, 3.63) is 0 Å². The van der Waals surface area contributed by atoms with Gasteiger partial charge >= 0.3 is 0 Å². The smallest absolute Gasteiger partial charge is 0.273 e. The monoisotopic (exact) mass is 1370 g/mol. The highest BCUT2D eigenvalue weighted by Crippen LogP contribution is 2.47. The molecule has 534 valence electrons. The molecule has 0 bridgehead atoms. The van der Waals surface area contributed by atoms with Crippen LogP contribution < -0.4 is 0 Å². The third kappa shape index (κ3) is 47.1. The maximum absolute atomic E-state index is 15.9. The first-order valence-corrected chi connectivity index (χ1v) is 47.6. The Balaban J connectivity index is 4.16. The molecule has 6 atom stereocenters. The summed E-state index contributed by atoms with van der Waals surface area (Å²) in [6, 6.07) is 0. The molecule has 12 heteroatoms. The summed E-state index contributed by atoms with van der Waals surface area (Å²) in [4.78, 5) is 1.83. The van der Waals surface area contributed by atoms with E-state index in [9.17, 15) is 0 Å². The largest absolute Gasteiger partial charge is 0.611 e. The van der Waals surface area contributed by atoms with E-state index in [2.05, 4.69) is 41.5 Å². The molecule has 0 aliphatic carbocycles. The van der Waals surface area contributed by atoms with Crippen molar-refractivity contribution in [2.45, 2.75) is 456 Å². The second-order valence-electron chi connectivity index (χ2n) is 27.4. The van der Waals surface area contributed by atoms with Crippen LogP contribution in [0.25, 0.3) is 0 Å². The molecule has 90 heavy (non-hydrogen) atoms. The topological polar surface area (TPSA) is 138 Å². The molecule has 1 rings (SSSR count). The van der Waals surface area contributed by atoms with Crippen LogP contribution in [-0.4, -0.2) is 61.8 Å². The van der Waals surface area contributed by atoms with Crippen LogP contribution >= 0.6 is 0 Å². The molecule has 0 N–H and O–H groups in total. The van der Waals surface area contributed by atoms with Gasteiger partial charge in [-0.05, 0) is 144 Å².